The molecule has 7 rings (SSSR count). The van der Waals surface area contributed by atoms with Crippen molar-refractivity contribution in [3.05, 3.63) is 143 Å². The van der Waals surface area contributed by atoms with E-state index in [-0.39, 0.29) is 41.8 Å². The molecule has 3 fully saturated rings. The molecule has 0 aromatic heterocycles. The van der Waals surface area contributed by atoms with E-state index in [4.69, 9.17) is 28.4 Å². The van der Waals surface area contributed by atoms with Crippen LogP contribution in [0.25, 0.3) is 0 Å². The lowest BCUT2D eigenvalue weighted by Crippen LogP contribution is -2.82. The molecule has 3 aliphatic carbocycles. The van der Waals surface area contributed by atoms with E-state index < -0.39 is 119 Å². The van der Waals surface area contributed by atoms with Gasteiger partial charge in [0.05, 0.1) is 29.6 Å². The van der Waals surface area contributed by atoms with Gasteiger partial charge in [-0.3, -0.25) is 19.2 Å². The zero-order valence-electron chi connectivity index (χ0n) is 50.1. The van der Waals surface area contributed by atoms with Crippen LogP contribution in [-0.2, 0) is 47.6 Å². The summed E-state index contributed by atoms with van der Waals surface area (Å²) in [5.74, 6) is -6.89. The number of esters is 4. The van der Waals surface area contributed by atoms with Gasteiger partial charge >= 0.3 is 30.0 Å². The summed E-state index contributed by atoms with van der Waals surface area (Å²) in [6.07, 6.45) is 9.83. The maximum absolute atomic E-state index is 15.9. The van der Waals surface area contributed by atoms with Crippen LogP contribution in [0.2, 0.25) is 0 Å². The number of hydrogen-bond donors (Lipinski definition) is 3. The maximum Gasteiger partial charge on any atom is 0.410 e. The molecule has 3 aromatic carbocycles. The average Bonchev–Trinajstić information content (AvgIpc) is 1.24. The van der Waals surface area contributed by atoms with E-state index in [9.17, 15) is 34.2 Å². The van der Waals surface area contributed by atoms with E-state index >= 15 is 9.59 Å². The molecule has 3 aromatic rings. The van der Waals surface area contributed by atoms with Gasteiger partial charge in [0.1, 0.15) is 30.0 Å². The quantitative estimate of drug-likeness (QED) is 0.0294. The number of nitrogens with zero attached hydrogens (tertiary/aromatic N) is 1. The number of fused-ring (bicyclic) bond motifs is 5. The molecule has 17 nitrogen and oxygen atoms in total. The standard InChI is InChI=1S/C67H86N2O15/c1-9-10-11-12-13-14-15-16-17-18-19-20-21-22-23-33-40-69(8)63(77)82-56(54(47-34-27-24-28-35-47)68-60(74)48-36-29-25-30-37-48)62(76)81-50-42-67(78)59(83-61(75)49-38-31-26-32-39-49)57-65(7,51(72)41-52-66(57,43-79-52)84-46(4)71)58(73)55(80-45(3)70)53(44(50)2)64(67,5)6/h13-14,16-17,24-32,34-39,50-52,54-57,59,72,78H,9-12,15,18-23,33,40-43H2,1-8H3,(H,68,74)/b14-13-,17-16-/t50-,51-,52+,54-,55+,56+,57-,59-,65+,66-,67+/m0/s1. The Hall–Kier alpha value is -6.95. The minimum Gasteiger partial charge on any atom is -0.455 e. The number of ether oxygens (including phenoxy) is 6. The number of rotatable bonds is 26. The maximum atomic E-state index is 15.9. The van der Waals surface area contributed by atoms with E-state index in [1.165, 1.54) is 43.2 Å². The molecule has 2 amide bonds. The largest absolute Gasteiger partial charge is 0.455 e. The van der Waals surface area contributed by atoms with Crippen LogP contribution in [0.3, 0.4) is 0 Å². The highest BCUT2D eigenvalue weighted by Crippen LogP contribution is 2.64. The first kappa shape index (κ1) is 64.6. The smallest absolute Gasteiger partial charge is 0.410 e. The Morgan fingerprint density at radius 1 is 0.762 bits per heavy atom. The highest BCUT2D eigenvalue weighted by molar-refractivity contribution is 5.96. The van der Waals surface area contributed by atoms with Crippen molar-refractivity contribution in [2.45, 2.75) is 192 Å². The molecule has 84 heavy (non-hydrogen) atoms. The van der Waals surface area contributed by atoms with Gasteiger partial charge in [-0.15, -0.1) is 0 Å². The summed E-state index contributed by atoms with van der Waals surface area (Å²) >= 11 is 0. The Labute approximate surface area is 494 Å². The molecule has 11 atom stereocenters. The van der Waals surface area contributed by atoms with Crippen molar-refractivity contribution < 1.29 is 72.2 Å². The lowest BCUT2D eigenvalue weighted by Gasteiger charge is -2.67. The summed E-state index contributed by atoms with van der Waals surface area (Å²) in [5, 5.41) is 29.3. The van der Waals surface area contributed by atoms with Gasteiger partial charge in [0.25, 0.3) is 5.91 Å². The summed E-state index contributed by atoms with van der Waals surface area (Å²) < 4.78 is 37.4. The number of aliphatic hydroxyl groups is 2. The molecule has 2 bridgehead atoms. The van der Waals surface area contributed by atoms with Crippen LogP contribution >= 0.6 is 0 Å². The number of unbranched alkanes of at least 4 members (excludes halogenated alkanes) is 9. The van der Waals surface area contributed by atoms with Gasteiger partial charge in [0, 0.05) is 51.3 Å². The molecule has 0 unspecified atom stereocenters. The summed E-state index contributed by atoms with van der Waals surface area (Å²) in [5.41, 5.74) is -7.29. The predicted molar refractivity (Wildman–Crippen MR) is 314 cm³/mol. The van der Waals surface area contributed by atoms with Crippen molar-refractivity contribution in [2.75, 3.05) is 20.2 Å². The first-order valence-corrected chi connectivity index (χ1v) is 29.9. The molecule has 1 saturated heterocycles. The molecule has 0 spiro atoms. The number of ketones is 1. The summed E-state index contributed by atoms with van der Waals surface area (Å²) in [6.45, 7) is 10.5. The second-order valence-electron chi connectivity index (χ2n) is 23.7. The van der Waals surface area contributed by atoms with Crippen LogP contribution < -0.4 is 5.32 Å². The van der Waals surface area contributed by atoms with Crippen LogP contribution in [0, 0.1) is 16.7 Å². The molecule has 0 radical (unpaired) electrons. The number of carbonyl (C=O) groups excluding carboxylic acids is 7. The SMILES string of the molecule is CCCCC/C=C\C/C=C\CCCCCCCCN(C)C(=O)O[C@@H](C(=O)O[C@H]1C[C@@]2(O)[C@@H](OC(=O)c3ccccc3)[C@@H]3[C@]4(OC(C)=O)CO[C@@H]4C[C@H](O)[C@@]3(C)C(=O)[C@H](OC(C)=O)C(=C1C)C2(C)C)[C@@H](NC(=O)c1ccccc1)c1ccccc1. The van der Waals surface area contributed by atoms with Crippen molar-refractivity contribution in [1.82, 2.24) is 10.2 Å². The van der Waals surface area contributed by atoms with E-state index in [0.29, 0.717) is 12.0 Å². The van der Waals surface area contributed by atoms with E-state index in [1.807, 2.05) is 0 Å². The van der Waals surface area contributed by atoms with E-state index in [1.54, 1.807) is 107 Å². The third kappa shape index (κ3) is 14.2. The van der Waals surface area contributed by atoms with Crippen LogP contribution in [0.5, 0.6) is 0 Å². The summed E-state index contributed by atoms with van der Waals surface area (Å²) in [6, 6.07) is 23.2. The Morgan fingerprint density at radius 3 is 1.93 bits per heavy atom. The van der Waals surface area contributed by atoms with E-state index in [0.717, 1.165) is 65.2 Å². The fourth-order valence-corrected chi connectivity index (χ4v) is 12.9. The zero-order chi connectivity index (χ0) is 60.8. The number of amides is 2. The van der Waals surface area contributed by atoms with Gasteiger partial charge in [-0.1, -0.05) is 150 Å². The molecule has 3 N–H and O–H groups in total. The van der Waals surface area contributed by atoms with Gasteiger partial charge in [-0.2, -0.15) is 0 Å². The monoisotopic (exact) mass is 1160 g/mol. The van der Waals surface area contributed by atoms with Crippen LogP contribution in [0.1, 0.15) is 171 Å². The number of aliphatic hydroxyl groups excluding tert-OH is 1. The van der Waals surface area contributed by atoms with Crippen molar-refractivity contribution >= 4 is 41.7 Å². The van der Waals surface area contributed by atoms with Gasteiger partial charge < -0.3 is 48.9 Å². The molecule has 1 aliphatic heterocycles. The summed E-state index contributed by atoms with van der Waals surface area (Å²) in [7, 11) is 1.55. The van der Waals surface area contributed by atoms with Crippen molar-refractivity contribution in [2.24, 2.45) is 16.7 Å². The fourth-order valence-electron chi connectivity index (χ4n) is 12.9. The first-order chi connectivity index (χ1) is 40.1. The van der Waals surface area contributed by atoms with Crippen LogP contribution in [0.15, 0.2) is 126 Å². The average molecular weight is 1160 g/mol. The second-order valence-corrected chi connectivity index (χ2v) is 23.7. The number of nitrogens with one attached hydrogen (secondary N) is 1. The third-order valence-corrected chi connectivity index (χ3v) is 17.7. The first-order valence-electron chi connectivity index (χ1n) is 29.9. The highest BCUT2D eigenvalue weighted by atomic mass is 16.6. The number of benzene rings is 3. The van der Waals surface area contributed by atoms with E-state index in [2.05, 4.69) is 36.5 Å². The number of hydrogen-bond acceptors (Lipinski definition) is 15. The number of allylic oxidation sites excluding steroid dienone is 4. The predicted octanol–water partition coefficient (Wildman–Crippen LogP) is 10.6. The molecule has 2 saturated carbocycles. The minimum atomic E-state index is -2.46. The molecule has 17 heteroatoms. The Kier molecular flexibility index (Phi) is 22.1. The lowest BCUT2D eigenvalue weighted by atomic mass is 9.44. The zero-order valence-corrected chi connectivity index (χ0v) is 50.1. The van der Waals surface area contributed by atoms with Crippen molar-refractivity contribution in [3.8, 4) is 0 Å². The fraction of sp³-hybridized carbons (Fsp3) is 0.537. The topological polar surface area (TPSA) is 231 Å². The molecule has 4 aliphatic rings. The van der Waals surface area contributed by atoms with Gasteiger partial charge in [-0.25, -0.2) is 14.4 Å². The number of carbonyl (C=O) groups is 7. The summed E-state index contributed by atoms with van der Waals surface area (Å²) in [4.78, 5) is 103. The molecular formula is C67H86N2O15. The Morgan fingerprint density at radius 2 is 1.35 bits per heavy atom. The normalized spacial score (nSPS) is 26.7. The van der Waals surface area contributed by atoms with Gasteiger partial charge in [0.15, 0.2) is 17.5 Å². The Balaban J connectivity index is 1.22. The van der Waals surface area contributed by atoms with Crippen molar-refractivity contribution in [1.29, 1.82) is 0 Å². The second kappa shape index (κ2) is 28.8. The van der Waals surface area contributed by atoms with Crippen LogP contribution in [-0.4, -0.2) is 125 Å². The molecule has 1 heterocycles. The Bertz CT molecular complexity index is 2870. The van der Waals surface area contributed by atoms with Gasteiger partial charge in [-0.05, 0) is 93.3 Å². The molecular weight excluding hydrogens is 1070 g/mol. The third-order valence-electron chi connectivity index (χ3n) is 17.7. The molecule has 454 valence electrons. The van der Waals surface area contributed by atoms with Gasteiger partial charge in [0.2, 0.25) is 6.10 Å². The van der Waals surface area contributed by atoms with Crippen molar-refractivity contribution in [3.63, 3.8) is 0 Å². The minimum absolute atomic E-state index is 0.0195. The highest BCUT2D eigenvalue weighted by Gasteiger charge is 2.78. The lowest BCUT2D eigenvalue weighted by molar-refractivity contribution is -0.346. The van der Waals surface area contributed by atoms with Crippen LogP contribution in [0.4, 0.5) is 4.79 Å². The number of Topliss-reactive ketones (excluding diaryl/α,β-unsaturated/α-hetero) is 1.